The Balaban J connectivity index is 1.44. The van der Waals surface area contributed by atoms with Crippen LogP contribution in [0.3, 0.4) is 0 Å². The summed E-state index contributed by atoms with van der Waals surface area (Å²) in [6.07, 6.45) is 1.50. The fourth-order valence-electron chi connectivity index (χ4n) is 3.81. The van der Waals surface area contributed by atoms with Crippen LogP contribution in [0.25, 0.3) is 10.9 Å². The number of amides is 1. The summed E-state index contributed by atoms with van der Waals surface area (Å²) in [7, 11) is 0. The first-order valence-electron chi connectivity index (χ1n) is 7.61. The van der Waals surface area contributed by atoms with Crippen LogP contribution in [-0.2, 0) is 9.59 Å². The number of hydrogen-bond acceptors (Lipinski definition) is 3. The Bertz CT molecular complexity index is 862. The van der Waals surface area contributed by atoms with Crippen LogP contribution < -0.4 is 5.32 Å². The maximum absolute atomic E-state index is 13.7. The van der Waals surface area contributed by atoms with Crippen LogP contribution in [0.2, 0.25) is 0 Å². The zero-order valence-electron chi connectivity index (χ0n) is 12.5. The zero-order chi connectivity index (χ0) is 17.1. The van der Waals surface area contributed by atoms with E-state index in [2.05, 4.69) is 10.3 Å². The highest BCUT2D eigenvalue weighted by Crippen LogP contribution is 2.76. The molecule has 1 aromatic heterocycles. The zero-order valence-corrected chi connectivity index (χ0v) is 12.5. The largest absolute Gasteiger partial charge is 0.481 e. The summed E-state index contributed by atoms with van der Waals surface area (Å²) in [6.45, 7) is 0. The van der Waals surface area contributed by atoms with Crippen LogP contribution in [0.15, 0.2) is 36.5 Å². The van der Waals surface area contributed by atoms with E-state index < -0.39 is 29.1 Å². The molecule has 1 aromatic carbocycles. The number of carboxylic acid groups (broad SMARTS) is 1. The molecule has 0 bridgehead atoms. The third-order valence-corrected chi connectivity index (χ3v) is 5.21. The van der Waals surface area contributed by atoms with Crippen LogP contribution in [0.4, 0.5) is 14.5 Å². The average molecular weight is 332 g/mol. The molecule has 0 radical (unpaired) electrons. The number of halogens is 2. The van der Waals surface area contributed by atoms with Gasteiger partial charge in [0.1, 0.15) is 5.92 Å². The molecular formula is C17H14F2N2O3. The number of carboxylic acids is 1. The van der Waals surface area contributed by atoms with Crippen molar-refractivity contribution in [2.45, 2.75) is 18.8 Å². The van der Waals surface area contributed by atoms with Crippen molar-refractivity contribution in [3.63, 3.8) is 0 Å². The van der Waals surface area contributed by atoms with Gasteiger partial charge < -0.3 is 10.4 Å². The number of benzene rings is 1. The fraction of sp³-hybridized carbons (Fsp3) is 0.353. The van der Waals surface area contributed by atoms with Gasteiger partial charge in [-0.25, -0.2) is 8.78 Å². The van der Waals surface area contributed by atoms with E-state index in [4.69, 9.17) is 5.11 Å². The first-order valence-corrected chi connectivity index (χ1v) is 7.61. The first kappa shape index (κ1) is 15.0. The molecule has 124 valence electrons. The lowest BCUT2D eigenvalue weighted by molar-refractivity contribution is -0.142. The van der Waals surface area contributed by atoms with Gasteiger partial charge in [0, 0.05) is 23.2 Å². The van der Waals surface area contributed by atoms with Gasteiger partial charge in [-0.3, -0.25) is 14.6 Å². The van der Waals surface area contributed by atoms with Gasteiger partial charge in [-0.2, -0.15) is 0 Å². The molecule has 2 saturated carbocycles. The lowest BCUT2D eigenvalue weighted by atomic mass is 9.69. The second kappa shape index (κ2) is 4.72. The lowest BCUT2D eigenvalue weighted by Gasteiger charge is -2.34. The topological polar surface area (TPSA) is 79.3 Å². The smallest absolute Gasteiger partial charge is 0.313 e. The molecule has 4 rings (SSSR count). The minimum Gasteiger partial charge on any atom is -0.481 e. The van der Waals surface area contributed by atoms with Gasteiger partial charge in [0.25, 0.3) is 5.92 Å². The van der Waals surface area contributed by atoms with Crippen molar-refractivity contribution in [3.8, 4) is 0 Å². The summed E-state index contributed by atoms with van der Waals surface area (Å²) in [5, 5.41) is 12.4. The van der Waals surface area contributed by atoms with Crippen molar-refractivity contribution in [2.24, 2.45) is 17.3 Å². The number of nitrogens with zero attached hydrogens (tertiary/aromatic N) is 1. The van der Waals surface area contributed by atoms with Crippen molar-refractivity contribution in [1.82, 2.24) is 4.98 Å². The van der Waals surface area contributed by atoms with E-state index in [9.17, 15) is 18.4 Å². The van der Waals surface area contributed by atoms with E-state index >= 15 is 0 Å². The molecule has 0 aliphatic heterocycles. The highest BCUT2D eigenvalue weighted by molar-refractivity contribution is 5.96. The summed E-state index contributed by atoms with van der Waals surface area (Å²) in [4.78, 5) is 27.3. The molecular weight excluding hydrogens is 318 g/mol. The predicted octanol–water partition coefficient (Wildman–Crippen LogP) is 2.92. The number of fused-ring (bicyclic) bond motifs is 1. The van der Waals surface area contributed by atoms with E-state index in [0.29, 0.717) is 5.69 Å². The van der Waals surface area contributed by atoms with Gasteiger partial charge in [-0.1, -0.05) is 6.07 Å². The minimum atomic E-state index is -3.20. The molecule has 1 amide bonds. The number of rotatable bonds is 3. The second-order valence-corrected chi connectivity index (χ2v) is 6.56. The summed E-state index contributed by atoms with van der Waals surface area (Å²) >= 11 is 0. The molecule has 0 saturated heterocycles. The second-order valence-electron chi connectivity index (χ2n) is 6.56. The van der Waals surface area contributed by atoms with Gasteiger partial charge >= 0.3 is 5.97 Å². The van der Waals surface area contributed by atoms with Gasteiger partial charge in [0.15, 0.2) is 0 Å². The highest BCUT2D eigenvalue weighted by atomic mass is 19.3. The predicted molar refractivity (Wildman–Crippen MR) is 81.6 cm³/mol. The minimum absolute atomic E-state index is 0.0854. The molecule has 7 heteroatoms. The molecule has 1 spiro atoms. The monoisotopic (exact) mass is 332 g/mol. The Labute approximate surface area is 135 Å². The van der Waals surface area contributed by atoms with Gasteiger partial charge in [0.05, 0.1) is 10.9 Å². The van der Waals surface area contributed by atoms with Crippen molar-refractivity contribution >= 4 is 28.5 Å². The van der Waals surface area contributed by atoms with E-state index in [1.807, 2.05) is 6.07 Å². The molecule has 2 N–H and O–H groups in total. The third kappa shape index (κ3) is 1.93. The summed E-state index contributed by atoms with van der Waals surface area (Å²) in [5.41, 5.74) is -0.160. The molecule has 1 heterocycles. The normalized spacial score (nSPS) is 29.9. The van der Waals surface area contributed by atoms with Gasteiger partial charge in [0.2, 0.25) is 5.91 Å². The van der Waals surface area contributed by atoms with Crippen molar-refractivity contribution < 1.29 is 23.5 Å². The number of nitrogens with one attached hydrogen (secondary N) is 1. The lowest BCUT2D eigenvalue weighted by Crippen LogP contribution is -2.39. The number of aromatic nitrogens is 1. The van der Waals surface area contributed by atoms with Crippen LogP contribution in [0.5, 0.6) is 0 Å². The number of carbonyl (C=O) groups excluding carboxylic acids is 1. The standard InChI is InChI=1S/C17H14F2N2O3/c18-17(19)13(15(23)24)16(17)7-10(8-16)14(22)21-11-3-4-12-9(6-11)2-1-5-20-12/h1-6,10,13H,7-8H2,(H,21,22)(H,23,24). The number of carbonyl (C=O) groups is 2. The Hall–Kier alpha value is -2.57. The van der Waals surface area contributed by atoms with Crippen LogP contribution in [-0.4, -0.2) is 27.9 Å². The highest BCUT2D eigenvalue weighted by Gasteiger charge is 2.87. The molecule has 2 aliphatic rings. The SMILES string of the molecule is O=C(Nc1ccc2ncccc2c1)C1CC2(C1)C(C(=O)O)C2(F)F. The van der Waals surface area contributed by atoms with E-state index in [0.717, 1.165) is 10.9 Å². The molecule has 2 fully saturated rings. The van der Waals surface area contributed by atoms with E-state index in [1.165, 1.54) is 0 Å². The van der Waals surface area contributed by atoms with Crippen LogP contribution >= 0.6 is 0 Å². The number of pyridine rings is 1. The van der Waals surface area contributed by atoms with Gasteiger partial charge in [-0.05, 0) is 37.1 Å². The number of hydrogen-bond donors (Lipinski definition) is 2. The van der Waals surface area contributed by atoms with Crippen LogP contribution in [0.1, 0.15) is 12.8 Å². The fourth-order valence-corrected chi connectivity index (χ4v) is 3.81. The molecule has 5 nitrogen and oxygen atoms in total. The molecule has 1 atom stereocenters. The first-order chi connectivity index (χ1) is 11.3. The van der Waals surface area contributed by atoms with Crippen molar-refractivity contribution in [2.75, 3.05) is 5.32 Å². The summed E-state index contributed by atoms with van der Waals surface area (Å²) < 4.78 is 27.3. The Morgan fingerprint density at radius 1 is 1.25 bits per heavy atom. The Morgan fingerprint density at radius 3 is 2.67 bits per heavy atom. The molecule has 2 aromatic rings. The van der Waals surface area contributed by atoms with Crippen LogP contribution in [0, 0.1) is 17.3 Å². The van der Waals surface area contributed by atoms with Gasteiger partial charge in [-0.15, -0.1) is 0 Å². The number of aliphatic carboxylic acids is 1. The summed E-state index contributed by atoms with van der Waals surface area (Å²) in [5.74, 6) is -7.27. The molecule has 24 heavy (non-hydrogen) atoms. The molecule has 1 unspecified atom stereocenters. The molecule has 2 aliphatic carbocycles. The Morgan fingerprint density at radius 2 is 2.00 bits per heavy atom. The average Bonchev–Trinajstić information content (AvgIpc) is 3.02. The van der Waals surface area contributed by atoms with E-state index in [1.54, 1.807) is 30.5 Å². The summed E-state index contributed by atoms with van der Waals surface area (Å²) in [6, 6.07) is 8.87. The quantitative estimate of drug-likeness (QED) is 0.906. The maximum atomic E-state index is 13.7. The Kier molecular flexibility index (Phi) is 2.95. The van der Waals surface area contributed by atoms with E-state index in [-0.39, 0.29) is 18.7 Å². The maximum Gasteiger partial charge on any atom is 0.313 e. The number of anilines is 1. The van der Waals surface area contributed by atoms with Crippen molar-refractivity contribution in [1.29, 1.82) is 0 Å². The third-order valence-electron chi connectivity index (χ3n) is 5.21. The van der Waals surface area contributed by atoms with Crippen molar-refractivity contribution in [3.05, 3.63) is 36.5 Å². The number of alkyl halides is 2.